The minimum Gasteiger partial charge on any atom is -0.372 e. The summed E-state index contributed by atoms with van der Waals surface area (Å²) in [6.07, 6.45) is 19.4. The number of rotatable bonds is 13. The lowest BCUT2D eigenvalue weighted by Crippen LogP contribution is -2.06. The number of hydrogen-bond donors (Lipinski definition) is 0. The SMILES string of the molecule is C=CCCc1ccc(COC/C(=C\C=C/C)C(C)/C=C\C(C)/C(C)=C/C=C(C)C)cc1. The molecular weight excluding hydrogens is 376 g/mol. The van der Waals surface area contributed by atoms with Gasteiger partial charge in [0.1, 0.15) is 0 Å². The molecule has 0 amide bonds. The average molecular weight is 419 g/mol. The van der Waals surface area contributed by atoms with Crippen LogP contribution in [0.15, 0.2) is 96.2 Å². The first-order valence-electron chi connectivity index (χ1n) is 11.5. The standard InChI is InChI=1S/C30H42O/c1-8-10-12-28-18-20-29(21-19-28)22-31-23-30(13-11-9-2)27(7)17-16-26(6)25(5)15-14-24(3)4/h8-9,11,13-21,26-27H,1,10,12,22-23H2,2-7H3/b11-9-,17-16-,25-15+,30-13+. The van der Waals surface area contributed by atoms with Crippen LogP contribution in [0.5, 0.6) is 0 Å². The summed E-state index contributed by atoms with van der Waals surface area (Å²) < 4.78 is 6.07. The van der Waals surface area contributed by atoms with Gasteiger partial charge in [0.15, 0.2) is 0 Å². The molecule has 0 saturated carbocycles. The fourth-order valence-electron chi connectivity index (χ4n) is 2.97. The molecule has 1 nitrogen and oxygen atoms in total. The summed E-state index contributed by atoms with van der Waals surface area (Å²) in [6, 6.07) is 8.72. The maximum atomic E-state index is 6.07. The number of aryl methyl sites for hydroxylation is 1. The number of allylic oxidation sites excluding steroid dienone is 10. The zero-order valence-corrected chi connectivity index (χ0v) is 20.5. The van der Waals surface area contributed by atoms with Gasteiger partial charge in [-0.1, -0.05) is 97.9 Å². The highest BCUT2D eigenvalue weighted by Gasteiger charge is 2.07. The van der Waals surface area contributed by atoms with Gasteiger partial charge >= 0.3 is 0 Å². The summed E-state index contributed by atoms with van der Waals surface area (Å²) in [5, 5.41) is 0. The van der Waals surface area contributed by atoms with Crippen LogP contribution in [0, 0.1) is 11.8 Å². The Morgan fingerprint density at radius 1 is 0.935 bits per heavy atom. The first-order valence-corrected chi connectivity index (χ1v) is 11.5. The fraction of sp³-hybridized carbons (Fsp3) is 0.400. The van der Waals surface area contributed by atoms with Gasteiger partial charge in [-0.05, 0) is 69.1 Å². The van der Waals surface area contributed by atoms with Crippen molar-refractivity contribution in [2.45, 2.75) is 61.0 Å². The number of benzene rings is 1. The van der Waals surface area contributed by atoms with E-state index in [4.69, 9.17) is 4.74 Å². The molecule has 0 aliphatic rings. The molecule has 0 aliphatic carbocycles. The van der Waals surface area contributed by atoms with Crippen LogP contribution in [0.1, 0.15) is 59.1 Å². The first-order chi connectivity index (χ1) is 14.9. The molecule has 1 heteroatoms. The topological polar surface area (TPSA) is 9.23 Å². The summed E-state index contributed by atoms with van der Waals surface area (Å²) in [4.78, 5) is 0. The minimum atomic E-state index is 0.330. The van der Waals surface area contributed by atoms with Gasteiger partial charge in [-0.3, -0.25) is 0 Å². The van der Waals surface area contributed by atoms with Gasteiger partial charge in [0.2, 0.25) is 0 Å². The van der Waals surface area contributed by atoms with Crippen molar-refractivity contribution in [2.24, 2.45) is 11.8 Å². The van der Waals surface area contributed by atoms with E-state index >= 15 is 0 Å². The van der Waals surface area contributed by atoms with E-state index in [1.165, 1.54) is 27.8 Å². The van der Waals surface area contributed by atoms with Gasteiger partial charge in [-0.25, -0.2) is 0 Å². The van der Waals surface area contributed by atoms with E-state index in [-0.39, 0.29) is 0 Å². The van der Waals surface area contributed by atoms with Gasteiger partial charge < -0.3 is 4.74 Å². The van der Waals surface area contributed by atoms with E-state index in [0.29, 0.717) is 25.0 Å². The molecule has 0 aromatic heterocycles. The van der Waals surface area contributed by atoms with Crippen molar-refractivity contribution < 1.29 is 4.74 Å². The molecule has 0 fully saturated rings. The van der Waals surface area contributed by atoms with Gasteiger partial charge in [0.05, 0.1) is 13.2 Å². The van der Waals surface area contributed by atoms with E-state index in [2.05, 4.69) is 108 Å². The maximum Gasteiger partial charge on any atom is 0.0721 e. The van der Waals surface area contributed by atoms with Crippen LogP contribution in [0.25, 0.3) is 0 Å². The highest BCUT2D eigenvalue weighted by atomic mass is 16.5. The second-order valence-corrected chi connectivity index (χ2v) is 8.52. The highest BCUT2D eigenvalue weighted by Crippen LogP contribution is 2.18. The lowest BCUT2D eigenvalue weighted by molar-refractivity contribution is 0.138. The van der Waals surface area contributed by atoms with Crippen molar-refractivity contribution >= 4 is 0 Å². The van der Waals surface area contributed by atoms with Crippen molar-refractivity contribution in [3.63, 3.8) is 0 Å². The zero-order valence-electron chi connectivity index (χ0n) is 20.5. The van der Waals surface area contributed by atoms with Crippen LogP contribution >= 0.6 is 0 Å². The maximum absolute atomic E-state index is 6.07. The molecular formula is C30H42O. The molecule has 0 heterocycles. The predicted molar refractivity (Wildman–Crippen MR) is 138 cm³/mol. The monoisotopic (exact) mass is 418 g/mol. The normalized spacial score (nSPS) is 14.8. The second-order valence-electron chi connectivity index (χ2n) is 8.52. The van der Waals surface area contributed by atoms with E-state index in [9.17, 15) is 0 Å². The van der Waals surface area contributed by atoms with Crippen molar-refractivity contribution in [3.05, 3.63) is 107 Å². The van der Waals surface area contributed by atoms with Crippen LogP contribution < -0.4 is 0 Å². The number of hydrogen-bond acceptors (Lipinski definition) is 1. The summed E-state index contributed by atoms with van der Waals surface area (Å²) in [5.41, 5.74) is 6.54. The number of ether oxygens (including phenoxy) is 1. The summed E-state index contributed by atoms with van der Waals surface area (Å²) >= 11 is 0. The van der Waals surface area contributed by atoms with Crippen LogP contribution in [0.3, 0.4) is 0 Å². The second kappa shape index (κ2) is 15.4. The van der Waals surface area contributed by atoms with E-state index in [1.54, 1.807) is 0 Å². The van der Waals surface area contributed by atoms with Crippen molar-refractivity contribution in [3.8, 4) is 0 Å². The van der Waals surface area contributed by atoms with Gasteiger partial charge in [-0.2, -0.15) is 0 Å². The molecule has 2 unspecified atom stereocenters. The predicted octanol–water partition coefficient (Wildman–Crippen LogP) is 8.57. The molecule has 0 radical (unpaired) electrons. The van der Waals surface area contributed by atoms with Gasteiger partial charge in [-0.15, -0.1) is 6.58 Å². The lowest BCUT2D eigenvalue weighted by atomic mass is 9.95. The van der Waals surface area contributed by atoms with Crippen molar-refractivity contribution in [2.75, 3.05) is 6.61 Å². The Labute approximate surface area is 191 Å². The average Bonchev–Trinajstić information content (AvgIpc) is 2.77. The fourth-order valence-corrected chi connectivity index (χ4v) is 2.97. The Hall–Kier alpha value is -2.38. The van der Waals surface area contributed by atoms with Gasteiger partial charge in [0, 0.05) is 0 Å². The molecule has 1 aromatic carbocycles. The zero-order chi connectivity index (χ0) is 23.1. The largest absolute Gasteiger partial charge is 0.372 e. The molecule has 1 rings (SSSR count). The Balaban J connectivity index is 2.68. The Kier molecular flexibility index (Phi) is 13.3. The van der Waals surface area contributed by atoms with Crippen LogP contribution in [0.4, 0.5) is 0 Å². The van der Waals surface area contributed by atoms with Crippen LogP contribution in [0.2, 0.25) is 0 Å². The Bertz CT molecular complexity index is 795. The highest BCUT2D eigenvalue weighted by molar-refractivity contribution is 5.24. The summed E-state index contributed by atoms with van der Waals surface area (Å²) in [7, 11) is 0. The van der Waals surface area contributed by atoms with Gasteiger partial charge in [0.25, 0.3) is 0 Å². The molecule has 1 aromatic rings. The molecule has 0 saturated heterocycles. The molecule has 168 valence electrons. The Morgan fingerprint density at radius 3 is 2.19 bits per heavy atom. The van der Waals surface area contributed by atoms with E-state index in [1.807, 2.05) is 13.0 Å². The third-order valence-electron chi connectivity index (χ3n) is 5.37. The lowest BCUT2D eigenvalue weighted by Gasteiger charge is -2.14. The molecule has 0 bridgehead atoms. The molecule has 0 aliphatic heterocycles. The molecule has 0 spiro atoms. The summed E-state index contributed by atoms with van der Waals surface area (Å²) in [5.74, 6) is 0.748. The first kappa shape index (κ1) is 26.7. The third kappa shape index (κ3) is 11.5. The van der Waals surface area contributed by atoms with Crippen molar-refractivity contribution in [1.29, 1.82) is 0 Å². The van der Waals surface area contributed by atoms with E-state index < -0.39 is 0 Å². The molecule has 31 heavy (non-hydrogen) atoms. The summed E-state index contributed by atoms with van der Waals surface area (Å²) in [6.45, 7) is 18.0. The molecule has 0 N–H and O–H groups in total. The smallest absolute Gasteiger partial charge is 0.0721 e. The van der Waals surface area contributed by atoms with Crippen molar-refractivity contribution in [1.82, 2.24) is 0 Å². The molecule has 2 atom stereocenters. The van der Waals surface area contributed by atoms with Crippen LogP contribution in [-0.4, -0.2) is 6.61 Å². The third-order valence-corrected chi connectivity index (χ3v) is 5.37. The van der Waals surface area contributed by atoms with Crippen LogP contribution in [-0.2, 0) is 17.8 Å². The van der Waals surface area contributed by atoms with E-state index in [0.717, 1.165) is 12.8 Å². The quantitative estimate of drug-likeness (QED) is 0.230. The minimum absolute atomic E-state index is 0.330. The Morgan fingerprint density at radius 2 is 1.58 bits per heavy atom.